The first-order chi connectivity index (χ1) is 20.9. The molecule has 2 unspecified atom stereocenters. The lowest BCUT2D eigenvalue weighted by atomic mass is 10.0. The van der Waals surface area contributed by atoms with Crippen molar-refractivity contribution in [2.75, 3.05) is 11.9 Å². The standard InChI is InChI=1S/C35H36N4O4/c1-24(19-27-13-8-14-28(20-27)38-35(42)37-21-25-9-4-2-5-10-25)36-22-31(40)29-15-17-32(34-30(29)16-18-33(41)39-34)43-23-26-11-6-3-7-12-26/h2-18,20,24,31,36,40H,19,21-23H2,1H3,(H,39,41)(H2,37,38,42). The Hall–Kier alpha value is -4.92. The number of benzene rings is 4. The lowest BCUT2D eigenvalue weighted by Crippen LogP contribution is -2.32. The topological polar surface area (TPSA) is 115 Å². The number of nitrogens with one attached hydrogen (secondary N) is 4. The molecule has 0 saturated heterocycles. The summed E-state index contributed by atoms with van der Waals surface area (Å²) in [5, 5.41) is 21.0. The summed E-state index contributed by atoms with van der Waals surface area (Å²) >= 11 is 0. The zero-order chi connectivity index (χ0) is 30.0. The van der Waals surface area contributed by atoms with Crippen LogP contribution in [0.2, 0.25) is 0 Å². The summed E-state index contributed by atoms with van der Waals surface area (Å²) < 4.78 is 6.03. The van der Waals surface area contributed by atoms with Crippen LogP contribution in [0.15, 0.2) is 114 Å². The molecule has 0 aliphatic rings. The minimum absolute atomic E-state index is 0.0522. The van der Waals surface area contributed by atoms with Crippen LogP contribution in [-0.2, 0) is 19.6 Å². The molecule has 2 atom stereocenters. The van der Waals surface area contributed by atoms with Crippen molar-refractivity contribution < 1.29 is 14.6 Å². The van der Waals surface area contributed by atoms with Gasteiger partial charge < -0.3 is 30.8 Å². The third-order valence-corrected chi connectivity index (χ3v) is 7.17. The van der Waals surface area contributed by atoms with Gasteiger partial charge >= 0.3 is 6.03 Å². The van der Waals surface area contributed by atoms with E-state index in [0.29, 0.717) is 48.6 Å². The minimum Gasteiger partial charge on any atom is -0.487 e. The Kier molecular flexibility index (Phi) is 9.84. The van der Waals surface area contributed by atoms with Gasteiger partial charge in [-0.25, -0.2) is 4.79 Å². The van der Waals surface area contributed by atoms with Crippen molar-refractivity contribution in [2.24, 2.45) is 0 Å². The maximum absolute atomic E-state index is 12.4. The van der Waals surface area contributed by atoms with E-state index >= 15 is 0 Å². The number of anilines is 1. The maximum Gasteiger partial charge on any atom is 0.319 e. The molecule has 5 aromatic rings. The highest BCUT2D eigenvalue weighted by Crippen LogP contribution is 2.30. The Bertz CT molecular complexity index is 1710. The average molecular weight is 577 g/mol. The second-order valence-electron chi connectivity index (χ2n) is 10.6. The van der Waals surface area contributed by atoms with E-state index in [1.807, 2.05) is 91.0 Å². The first-order valence-electron chi connectivity index (χ1n) is 14.4. The number of rotatable bonds is 12. The van der Waals surface area contributed by atoms with E-state index in [4.69, 9.17) is 4.74 Å². The van der Waals surface area contributed by atoms with Crippen molar-refractivity contribution >= 4 is 22.6 Å². The second-order valence-corrected chi connectivity index (χ2v) is 10.6. The molecule has 220 valence electrons. The van der Waals surface area contributed by atoms with E-state index in [9.17, 15) is 14.7 Å². The highest BCUT2D eigenvalue weighted by molar-refractivity contribution is 5.89. The fourth-order valence-corrected chi connectivity index (χ4v) is 4.97. The van der Waals surface area contributed by atoms with Crippen molar-refractivity contribution in [1.82, 2.24) is 15.6 Å². The van der Waals surface area contributed by atoms with Crippen molar-refractivity contribution in [3.05, 3.63) is 142 Å². The summed E-state index contributed by atoms with van der Waals surface area (Å²) in [5.41, 5.74) is 4.84. The first-order valence-corrected chi connectivity index (χ1v) is 14.4. The van der Waals surface area contributed by atoms with Gasteiger partial charge in [-0.1, -0.05) is 78.9 Å². The smallest absolute Gasteiger partial charge is 0.319 e. The highest BCUT2D eigenvalue weighted by Gasteiger charge is 2.16. The van der Waals surface area contributed by atoms with Gasteiger partial charge in [0, 0.05) is 36.3 Å². The number of urea groups is 1. The van der Waals surface area contributed by atoms with Gasteiger partial charge in [0.15, 0.2) is 0 Å². The monoisotopic (exact) mass is 576 g/mol. The quantitative estimate of drug-likeness (QED) is 0.131. The molecule has 0 bridgehead atoms. The lowest BCUT2D eigenvalue weighted by Gasteiger charge is -2.20. The Labute approximate surface area is 250 Å². The molecule has 8 nitrogen and oxygen atoms in total. The van der Waals surface area contributed by atoms with Crippen LogP contribution in [0.25, 0.3) is 10.9 Å². The van der Waals surface area contributed by atoms with Crippen LogP contribution in [0, 0.1) is 0 Å². The Morgan fingerprint density at radius 1 is 0.860 bits per heavy atom. The summed E-state index contributed by atoms with van der Waals surface area (Å²) in [6, 6.07) is 33.9. The third-order valence-electron chi connectivity index (χ3n) is 7.17. The SMILES string of the molecule is CC(Cc1cccc(NC(=O)NCc2ccccc2)c1)NCC(O)c1ccc(OCc2ccccc2)c2[nH]c(=O)ccc12. The predicted octanol–water partition coefficient (Wildman–Crippen LogP) is 5.68. The lowest BCUT2D eigenvalue weighted by molar-refractivity contribution is 0.172. The molecule has 5 N–H and O–H groups in total. The van der Waals surface area contributed by atoms with Crippen LogP contribution in [-0.4, -0.2) is 28.7 Å². The summed E-state index contributed by atoms with van der Waals surface area (Å²) in [5.74, 6) is 0.552. The molecule has 0 spiro atoms. The zero-order valence-electron chi connectivity index (χ0n) is 24.0. The molecule has 4 aromatic carbocycles. The number of ether oxygens (including phenoxy) is 1. The molecule has 0 aliphatic carbocycles. The number of amides is 2. The number of hydrogen-bond donors (Lipinski definition) is 5. The molecule has 0 aliphatic heterocycles. The number of hydrogen-bond acceptors (Lipinski definition) is 5. The number of H-pyrrole nitrogens is 1. The minimum atomic E-state index is -0.805. The molecule has 0 saturated carbocycles. The normalized spacial score (nSPS) is 12.4. The van der Waals surface area contributed by atoms with E-state index in [1.165, 1.54) is 6.07 Å². The molecule has 2 amide bonds. The van der Waals surface area contributed by atoms with Crippen LogP contribution in [0.3, 0.4) is 0 Å². The molecule has 1 aromatic heterocycles. The van der Waals surface area contributed by atoms with Crippen molar-refractivity contribution in [2.45, 2.75) is 38.6 Å². The number of aliphatic hydroxyl groups is 1. The molecule has 1 heterocycles. The number of aromatic nitrogens is 1. The number of fused-ring (bicyclic) bond motifs is 1. The van der Waals surface area contributed by atoms with Gasteiger partial charge in [-0.15, -0.1) is 0 Å². The molecule has 0 fully saturated rings. The summed E-state index contributed by atoms with van der Waals surface area (Å²) in [7, 11) is 0. The zero-order valence-corrected chi connectivity index (χ0v) is 24.0. The van der Waals surface area contributed by atoms with Gasteiger partial charge in [0.2, 0.25) is 5.56 Å². The number of carbonyl (C=O) groups excluding carboxylic acids is 1. The predicted molar refractivity (Wildman–Crippen MR) is 170 cm³/mol. The van der Waals surface area contributed by atoms with Crippen LogP contribution in [0.5, 0.6) is 5.75 Å². The van der Waals surface area contributed by atoms with E-state index in [2.05, 4.69) is 27.9 Å². The molecule has 43 heavy (non-hydrogen) atoms. The van der Waals surface area contributed by atoms with Gasteiger partial charge in [-0.05, 0) is 59.9 Å². The first kappa shape index (κ1) is 29.6. The summed E-state index contributed by atoms with van der Waals surface area (Å²) in [4.78, 5) is 27.4. The number of aromatic amines is 1. The van der Waals surface area contributed by atoms with Crippen molar-refractivity contribution in [1.29, 1.82) is 0 Å². The van der Waals surface area contributed by atoms with Gasteiger partial charge in [0.1, 0.15) is 12.4 Å². The fraction of sp³-hybridized carbons (Fsp3) is 0.200. The Balaban J connectivity index is 1.17. The summed E-state index contributed by atoms with van der Waals surface area (Å²) in [6.07, 6.45) is -0.103. The van der Waals surface area contributed by atoms with Gasteiger partial charge in [0.25, 0.3) is 0 Å². The van der Waals surface area contributed by atoms with Crippen molar-refractivity contribution in [3.63, 3.8) is 0 Å². The van der Waals surface area contributed by atoms with E-state index in [0.717, 1.165) is 22.1 Å². The molecule has 8 heteroatoms. The Morgan fingerprint density at radius 2 is 1.58 bits per heavy atom. The van der Waals surface area contributed by atoms with Crippen LogP contribution in [0.4, 0.5) is 10.5 Å². The second kappa shape index (κ2) is 14.3. The van der Waals surface area contributed by atoms with Gasteiger partial charge in [-0.2, -0.15) is 0 Å². The highest BCUT2D eigenvalue weighted by atomic mass is 16.5. The van der Waals surface area contributed by atoms with Crippen LogP contribution in [0.1, 0.15) is 35.3 Å². The molecule has 0 radical (unpaired) electrons. The Morgan fingerprint density at radius 3 is 2.35 bits per heavy atom. The maximum atomic E-state index is 12.4. The number of pyridine rings is 1. The van der Waals surface area contributed by atoms with Gasteiger partial charge in [0.05, 0.1) is 11.6 Å². The van der Waals surface area contributed by atoms with Crippen LogP contribution >= 0.6 is 0 Å². The van der Waals surface area contributed by atoms with Crippen LogP contribution < -0.4 is 26.2 Å². The fourth-order valence-electron chi connectivity index (χ4n) is 4.97. The van der Waals surface area contributed by atoms with Crippen molar-refractivity contribution in [3.8, 4) is 5.75 Å². The van der Waals surface area contributed by atoms with E-state index in [1.54, 1.807) is 12.1 Å². The summed E-state index contributed by atoms with van der Waals surface area (Å²) in [6.45, 7) is 3.18. The van der Waals surface area contributed by atoms with Gasteiger partial charge in [-0.3, -0.25) is 4.79 Å². The average Bonchev–Trinajstić information content (AvgIpc) is 3.02. The van der Waals surface area contributed by atoms with E-state index < -0.39 is 6.10 Å². The number of carbonyl (C=O) groups is 1. The third kappa shape index (κ3) is 8.31. The molecular formula is C35H36N4O4. The molecule has 5 rings (SSSR count). The number of aliphatic hydroxyl groups excluding tert-OH is 1. The van der Waals surface area contributed by atoms with E-state index in [-0.39, 0.29) is 17.6 Å². The molecular weight excluding hydrogens is 540 g/mol. The largest absolute Gasteiger partial charge is 0.487 e.